The fourth-order valence-electron chi connectivity index (χ4n) is 2.79. The Morgan fingerprint density at radius 3 is 2.39 bits per heavy atom. The largest absolute Gasteiger partial charge is 1.00 e. The molecule has 6 nitrogen and oxygen atoms in total. The quantitative estimate of drug-likeness (QED) is 0.386. The number of carbonyl (C=O) groups excluding carboxylic acids is 1. The van der Waals surface area contributed by atoms with Gasteiger partial charge in [0.25, 0.3) is 5.91 Å². The first-order chi connectivity index (χ1) is 12.4. The first kappa shape index (κ1) is 27.0. The fourth-order valence-corrected chi connectivity index (χ4v) is 2.79. The van der Waals surface area contributed by atoms with Gasteiger partial charge in [0.05, 0.1) is 13.2 Å². The standard InChI is InChI=1S/C20H33N3O3.2ClH/c1-20(2,3)22-19(24)16-26-18-7-5-17(6-8-18)15-21-9-4-10-23-11-13-25-14-12-23;;/h5-8,21H,4,9-16H2,1-3H3,(H,22,24);2*1H/p-2. The van der Waals surface area contributed by atoms with Crippen molar-refractivity contribution in [2.24, 2.45) is 0 Å². The summed E-state index contributed by atoms with van der Waals surface area (Å²) in [5.41, 5.74) is 0.973. The summed E-state index contributed by atoms with van der Waals surface area (Å²) in [7, 11) is 0. The van der Waals surface area contributed by atoms with E-state index in [9.17, 15) is 4.79 Å². The van der Waals surface area contributed by atoms with E-state index in [1.165, 1.54) is 5.56 Å². The summed E-state index contributed by atoms with van der Waals surface area (Å²) in [6.07, 6.45) is 1.14. The summed E-state index contributed by atoms with van der Waals surface area (Å²) >= 11 is 0. The molecule has 2 N–H and O–H groups in total. The van der Waals surface area contributed by atoms with Crippen molar-refractivity contribution in [1.29, 1.82) is 0 Å². The molecule has 0 radical (unpaired) electrons. The third-order valence-electron chi connectivity index (χ3n) is 4.07. The van der Waals surface area contributed by atoms with E-state index >= 15 is 0 Å². The van der Waals surface area contributed by atoms with Crippen molar-refractivity contribution in [3.63, 3.8) is 0 Å². The molecule has 2 rings (SSSR count). The van der Waals surface area contributed by atoms with Crippen molar-refractivity contribution in [2.45, 2.75) is 39.3 Å². The van der Waals surface area contributed by atoms with Crippen LogP contribution in [0.1, 0.15) is 32.8 Å². The molecule has 8 heteroatoms. The van der Waals surface area contributed by atoms with Gasteiger partial charge in [-0.1, -0.05) is 12.1 Å². The van der Waals surface area contributed by atoms with Crippen LogP contribution in [0, 0.1) is 0 Å². The molecule has 0 spiro atoms. The molecule has 0 unspecified atom stereocenters. The van der Waals surface area contributed by atoms with Gasteiger partial charge in [0.2, 0.25) is 0 Å². The molecule has 1 amide bonds. The van der Waals surface area contributed by atoms with Gasteiger partial charge in [0.1, 0.15) is 5.75 Å². The molecular weight excluding hydrogens is 401 g/mol. The molecule has 0 aromatic heterocycles. The maximum atomic E-state index is 11.8. The SMILES string of the molecule is CC(C)(C)NC(=O)COc1ccc(CNCCCN2CCOCC2)cc1.[Cl-].[Cl-]. The Bertz CT molecular complexity index is 545. The van der Waals surface area contributed by atoms with Gasteiger partial charge in [0, 0.05) is 25.2 Å². The molecule has 1 aliphatic heterocycles. The highest BCUT2D eigenvalue weighted by atomic mass is 35.5. The van der Waals surface area contributed by atoms with Crippen LogP contribution in [0.5, 0.6) is 5.75 Å². The van der Waals surface area contributed by atoms with E-state index in [0.717, 1.165) is 52.4 Å². The van der Waals surface area contributed by atoms with Crippen LogP contribution in [0.4, 0.5) is 0 Å². The highest BCUT2D eigenvalue weighted by Gasteiger charge is 2.13. The number of rotatable bonds is 9. The minimum Gasteiger partial charge on any atom is -1.00 e. The molecule has 1 saturated heterocycles. The fraction of sp³-hybridized carbons (Fsp3) is 0.650. The number of amides is 1. The molecule has 1 aliphatic rings. The minimum atomic E-state index is -0.238. The summed E-state index contributed by atoms with van der Waals surface area (Å²) in [6, 6.07) is 7.89. The molecule has 0 bridgehead atoms. The molecule has 0 atom stereocenters. The Morgan fingerprint density at radius 2 is 1.79 bits per heavy atom. The lowest BCUT2D eigenvalue weighted by Gasteiger charge is -2.26. The van der Waals surface area contributed by atoms with E-state index in [2.05, 4.69) is 15.5 Å². The Morgan fingerprint density at radius 1 is 1.14 bits per heavy atom. The second kappa shape index (κ2) is 14.0. The summed E-state index contributed by atoms with van der Waals surface area (Å²) in [6.45, 7) is 12.7. The average molecular weight is 434 g/mol. The lowest BCUT2D eigenvalue weighted by Crippen LogP contribution is -3.00. The third-order valence-corrected chi connectivity index (χ3v) is 4.07. The third kappa shape index (κ3) is 11.7. The number of hydrogen-bond acceptors (Lipinski definition) is 5. The van der Waals surface area contributed by atoms with Gasteiger partial charge in [0.15, 0.2) is 6.61 Å². The summed E-state index contributed by atoms with van der Waals surface area (Å²) in [5, 5.41) is 6.35. The lowest BCUT2D eigenvalue weighted by molar-refractivity contribution is -0.124. The van der Waals surface area contributed by atoms with Crippen molar-refractivity contribution in [3.05, 3.63) is 29.8 Å². The molecule has 1 aromatic carbocycles. The van der Waals surface area contributed by atoms with E-state index in [1.54, 1.807) is 0 Å². The second-order valence-corrected chi connectivity index (χ2v) is 7.72. The Kier molecular flexibility index (Phi) is 13.5. The molecule has 162 valence electrons. The zero-order valence-electron chi connectivity index (χ0n) is 17.1. The van der Waals surface area contributed by atoms with Gasteiger partial charge in [-0.3, -0.25) is 9.69 Å². The zero-order valence-corrected chi connectivity index (χ0v) is 18.6. The van der Waals surface area contributed by atoms with Gasteiger partial charge >= 0.3 is 0 Å². The molecular formula is C20H33Cl2N3O3-2. The van der Waals surface area contributed by atoms with Gasteiger partial charge in [-0.15, -0.1) is 0 Å². The average Bonchev–Trinajstić information content (AvgIpc) is 2.60. The van der Waals surface area contributed by atoms with Gasteiger partial charge in [-0.2, -0.15) is 0 Å². The zero-order chi connectivity index (χ0) is 18.8. The van der Waals surface area contributed by atoms with Crippen LogP contribution in [0.25, 0.3) is 0 Å². The number of ether oxygens (including phenoxy) is 2. The monoisotopic (exact) mass is 433 g/mol. The van der Waals surface area contributed by atoms with E-state index in [-0.39, 0.29) is 42.9 Å². The van der Waals surface area contributed by atoms with Crippen LogP contribution in [0.15, 0.2) is 24.3 Å². The maximum absolute atomic E-state index is 11.8. The molecule has 1 fully saturated rings. The Labute approximate surface area is 181 Å². The van der Waals surface area contributed by atoms with Gasteiger partial charge < -0.3 is 44.9 Å². The maximum Gasteiger partial charge on any atom is 0.258 e. The van der Waals surface area contributed by atoms with E-state index in [4.69, 9.17) is 9.47 Å². The molecule has 1 aromatic rings. The summed E-state index contributed by atoms with van der Waals surface area (Å²) in [4.78, 5) is 14.2. The highest BCUT2D eigenvalue weighted by molar-refractivity contribution is 5.78. The van der Waals surface area contributed by atoms with Crippen LogP contribution in [-0.4, -0.2) is 62.3 Å². The first-order valence-electron chi connectivity index (χ1n) is 9.46. The van der Waals surface area contributed by atoms with Gasteiger partial charge in [-0.25, -0.2) is 0 Å². The highest BCUT2D eigenvalue weighted by Crippen LogP contribution is 2.12. The number of nitrogens with zero attached hydrogens (tertiary/aromatic N) is 1. The Hall–Kier alpha value is -1.05. The van der Waals surface area contributed by atoms with Crippen LogP contribution < -0.4 is 40.2 Å². The van der Waals surface area contributed by atoms with Crippen molar-refractivity contribution < 1.29 is 39.1 Å². The molecule has 0 saturated carbocycles. The molecule has 0 aliphatic carbocycles. The van der Waals surface area contributed by atoms with Crippen molar-refractivity contribution in [2.75, 3.05) is 46.0 Å². The second-order valence-electron chi connectivity index (χ2n) is 7.72. The number of nitrogens with one attached hydrogen (secondary N) is 2. The van der Waals surface area contributed by atoms with E-state index in [0.29, 0.717) is 5.75 Å². The number of benzene rings is 1. The van der Waals surface area contributed by atoms with Crippen LogP contribution in [-0.2, 0) is 16.1 Å². The predicted molar refractivity (Wildman–Crippen MR) is 103 cm³/mol. The van der Waals surface area contributed by atoms with Gasteiger partial charge in [-0.05, 0) is 58.0 Å². The Balaban J connectivity index is 0.00000364. The number of morpholine rings is 1. The summed E-state index contributed by atoms with van der Waals surface area (Å²) in [5.74, 6) is 0.605. The van der Waals surface area contributed by atoms with E-state index < -0.39 is 0 Å². The number of halogens is 2. The summed E-state index contributed by atoms with van der Waals surface area (Å²) < 4.78 is 10.9. The van der Waals surface area contributed by atoms with Crippen LogP contribution in [0.3, 0.4) is 0 Å². The molecule has 1 heterocycles. The lowest BCUT2D eigenvalue weighted by atomic mass is 10.1. The first-order valence-corrected chi connectivity index (χ1v) is 9.46. The number of hydrogen-bond donors (Lipinski definition) is 2. The van der Waals surface area contributed by atoms with Crippen molar-refractivity contribution in [1.82, 2.24) is 15.5 Å². The van der Waals surface area contributed by atoms with Crippen molar-refractivity contribution in [3.8, 4) is 5.75 Å². The van der Waals surface area contributed by atoms with Crippen LogP contribution >= 0.6 is 0 Å². The smallest absolute Gasteiger partial charge is 0.258 e. The topological polar surface area (TPSA) is 62.8 Å². The minimum absolute atomic E-state index is 0. The molecule has 28 heavy (non-hydrogen) atoms. The normalized spacial score (nSPS) is 14.5. The number of carbonyl (C=O) groups is 1. The van der Waals surface area contributed by atoms with Crippen molar-refractivity contribution >= 4 is 5.91 Å². The van der Waals surface area contributed by atoms with E-state index in [1.807, 2.05) is 45.0 Å². The van der Waals surface area contributed by atoms with Crippen LogP contribution in [0.2, 0.25) is 0 Å². The predicted octanol–water partition coefficient (Wildman–Crippen LogP) is -4.20.